The molecule has 1 fully saturated rings. The number of carbonyl (C=O) groups excluding carboxylic acids is 1. The van der Waals surface area contributed by atoms with Gasteiger partial charge in [0.2, 0.25) is 11.1 Å². The van der Waals surface area contributed by atoms with Crippen molar-refractivity contribution in [1.82, 2.24) is 25.5 Å². The summed E-state index contributed by atoms with van der Waals surface area (Å²) in [4.78, 5) is 12.0. The van der Waals surface area contributed by atoms with Crippen LogP contribution in [-0.2, 0) is 4.79 Å². The standard InChI is InChI=1S/C13H23N5OS/c1-9(2)8-14-12(19)10(3)20-13-15-16-17-18(13)11-6-4-5-7-11/h9-11H,4-8H2,1-3H3,(H,14,19). The quantitative estimate of drug-likeness (QED) is 0.813. The lowest BCUT2D eigenvalue weighted by atomic mass is 10.2. The molecular formula is C13H23N5OS. The van der Waals surface area contributed by atoms with Gasteiger partial charge in [-0.1, -0.05) is 38.5 Å². The molecule has 1 N–H and O–H groups in total. The third-order valence-electron chi connectivity index (χ3n) is 3.47. The van der Waals surface area contributed by atoms with Gasteiger partial charge in [0.05, 0.1) is 11.3 Å². The molecule has 0 spiro atoms. The summed E-state index contributed by atoms with van der Waals surface area (Å²) >= 11 is 1.44. The van der Waals surface area contributed by atoms with Crippen LogP contribution in [0.15, 0.2) is 5.16 Å². The second-order valence-electron chi connectivity index (χ2n) is 5.74. The summed E-state index contributed by atoms with van der Waals surface area (Å²) < 4.78 is 1.89. The summed E-state index contributed by atoms with van der Waals surface area (Å²) in [5.41, 5.74) is 0. The molecular weight excluding hydrogens is 274 g/mol. The van der Waals surface area contributed by atoms with Crippen molar-refractivity contribution in [1.29, 1.82) is 0 Å². The Kier molecular flexibility index (Phi) is 5.39. The number of thioether (sulfide) groups is 1. The maximum Gasteiger partial charge on any atom is 0.233 e. The Morgan fingerprint density at radius 2 is 2.10 bits per heavy atom. The lowest BCUT2D eigenvalue weighted by molar-refractivity contribution is -0.120. The fourth-order valence-electron chi connectivity index (χ4n) is 2.30. The lowest BCUT2D eigenvalue weighted by Crippen LogP contribution is -2.33. The molecule has 0 aliphatic heterocycles. The first-order chi connectivity index (χ1) is 9.58. The number of carbonyl (C=O) groups is 1. The molecule has 20 heavy (non-hydrogen) atoms. The molecule has 1 atom stereocenters. The molecule has 112 valence electrons. The molecule has 0 radical (unpaired) electrons. The van der Waals surface area contributed by atoms with E-state index < -0.39 is 0 Å². The summed E-state index contributed by atoms with van der Waals surface area (Å²) in [6.07, 6.45) is 4.73. The van der Waals surface area contributed by atoms with E-state index in [0.29, 0.717) is 18.5 Å². The van der Waals surface area contributed by atoms with E-state index >= 15 is 0 Å². The molecule has 7 heteroatoms. The average molecular weight is 297 g/mol. The predicted molar refractivity (Wildman–Crippen MR) is 78.5 cm³/mol. The Balaban J connectivity index is 1.92. The maximum absolute atomic E-state index is 12.0. The van der Waals surface area contributed by atoms with Crippen molar-refractivity contribution in [3.8, 4) is 0 Å². The highest BCUT2D eigenvalue weighted by Gasteiger charge is 2.24. The topological polar surface area (TPSA) is 72.7 Å². The van der Waals surface area contributed by atoms with Crippen molar-refractivity contribution in [2.75, 3.05) is 6.54 Å². The highest BCUT2D eigenvalue weighted by molar-refractivity contribution is 8.00. The van der Waals surface area contributed by atoms with Gasteiger partial charge in [-0.15, -0.1) is 5.10 Å². The Bertz CT molecular complexity index is 442. The minimum absolute atomic E-state index is 0.0460. The van der Waals surface area contributed by atoms with E-state index in [-0.39, 0.29) is 11.2 Å². The van der Waals surface area contributed by atoms with Gasteiger partial charge in [-0.3, -0.25) is 4.79 Å². The van der Waals surface area contributed by atoms with E-state index in [2.05, 4.69) is 34.7 Å². The third kappa shape index (κ3) is 3.94. The van der Waals surface area contributed by atoms with Crippen LogP contribution in [0.3, 0.4) is 0 Å². The first-order valence-electron chi connectivity index (χ1n) is 7.30. The molecule has 1 aromatic heterocycles. The van der Waals surface area contributed by atoms with E-state index in [1.165, 1.54) is 24.6 Å². The SMILES string of the molecule is CC(C)CNC(=O)C(C)Sc1nnnn1C1CCCC1. The molecule has 6 nitrogen and oxygen atoms in total. The summed E-state index contributed by atoms with van der Waals surface area (Å²) in [5.74, 6) is 0.504. The molecule has 0 saturated heterocycles. The third-order valence-corrected chi connectivity index (χ3v) is 4.52. The molecule has 1 aromatic rings. The fourth-order valence-corrected chi connectivity index (χ4v) is 3.18. The van der Waals surface area contributed by atoms with Crippen LogP contribution in [0.25, 0.3) is 0 Å². The van der Waals surface area contributed by atoms with Gasteiger partial charge in [0.1, 0.15) is 0 Å². The van der Waals surface area contributed by atoms with Crippen LogP contribution in [0.4, 0.5) is 0 Å². The largest absolute Gasteiger partial charge is 0.355 e. The predicted octanol–water partition coefficient (Wildman–Crippen LogP) is 2.04. The van der Waals surface area contributed by atoms with Gasteiger partial charge in [-0.2, -0.15) is 0 Å². The minimum Gasteiger partial charge on any atom is -0.355 e. The maximum atomic E-state index is 12.0. The average Bonchev–Trinajstić information content (AvgIpc) is 3.05. The minimum atomic E-state index is -0.181. The van der Waals surface area contributed by atoms with E-state index in [9.17, 15) is 4.79 Å². The molecule has 1 unspecified atom stereocenters. The van der Waals surface area contributed by atoms with Crippen molar-refractivity contribution < 1.29 is 4.79 Å². The number of nitrogens with one attached hydrogen (secondary N) is 1. The van der Waals surface area contributed by atoms with Crippen molar-refractivity contribution >= 4 is 17.7 Å². The molecule has 1 saturated carbocycles. The Morgan fingerprint density at radius 3 is 2.75 bits per heavy atom. The van der Waals surface area contributed by atoms with E-state index in [0.717, 1.165) is 18.0 Å². The van der Waals surface area contributed by atoms with E-state index in [4.69, 9.17) is 0 Å². The van der Waals surface area contributed by atoms with E-state index in [1.54, 1.807) is 0 Å². The number of hydrogen-bond donors (Lipinski definition) is 1. The van der Waals surface area contributed by atoms with Crippen LogP contribution < -0.4 is 5.32 Å². The molecule has 0 aromatic carbocycles. The van der Waals surface area contributed by atoms with Gasteiger partial charge >= 0.3 is 0 Å². The monoisotopic (exact) mass is 297 g/mol. The summed E-state index contributed by atoms with van der Waals surface area (Å²) in [6.45, 7) is 6.77. The van der Waals surface area contributed by atoms with Crippen LogP contribution in [0.5, 0.6) is 0 Å². The zero-order valence-electron chi connectivity index (χ0n) is 12.4. The number of rotatable bonds is 6. The van der Waals surface area contributed by atoms with Gasteiger partial charge in [-0.25, -0.2) is 4.68 Å². The number of amides is 1. The van der Waals surface area contributed by atoms with Crippen molar-refractivity contribution in [3.05, 3.63) is 0 Å². The van der Waals surface area contributed by atoms with Crippen LogP contribution in [-0.4, -0.2) is 37.9 Å². The smallest absolute Gasteiger partial charge is 0.233 e. The molecule has 0 bridgehead atoms. The zero-order valence-corrected chi connectivity index (χ0v) is 13.2. The summed E-state index contributed by atoms with van der Waals surface area (Å²) in [7, 11) is 0. The Morgan fingerprint density at radius 1 is 1.40 bits per heavy atom. The second-order valence-corrected chi connectivity index (χ2v) is 7.05. The van der Waals surface area contributed by atoms with Crippen molar-refractivity contribution in [2.24, 2.45) is 5.92 Å². The van der Waals surface area contributed by atoms with Crippen LogP contribution in [0, 0.1) is 5.92 Å². The highest BCUT2D eigenvalue weighted by atomic mass is 32.2. The number of aromatic nitrogens is 4. The normalized spacial score (nSPS) is 17.6. The Hall–Kier alpha value is -1.11. The molecule has 2 rings (SSSR count). The fraction of sp³-hybridized carbons (Fsp3) is 0.846. The summed E-state index contributed by atoms with van der Waals surface area (Å²) in [6, 6.07) is 0.401. The first kappa shape index (κ1) is 15.3. The van der Waals surface area contributed by atoms with Crippen LogP contribution in [0.2, 0.25) is 0 Å². The second kappa shape index (κ2) is 7.06. The number of nitrogens with zero attached hydrogens (tertiary/aromatic N) is 4. The van der Waals surface area contributed by atoms with Gasteiger partial charge in [0.15, 0.2) is 0 Å². The van der Waals surface area contributed by atoms with Crippen LogP contribution in [0.1, 0.15) is 52.5 Å². The number of hydrogen-bond acceptors (Lipinski definition) is 5. The van der Waals surface area contributed by atoms with Crippen molar-refractivity contribution in [3.63, 3.8) is 0 Å². The molecule has 1 heterocycles. The first-order valence-corrected chi connectivity index (χ1v) is 8.18. The van der Waals surface area contributed by atoms with Crippen molar-refractivity contribution in [2.45, 2.75) is 62.9 Å². The van der Waals surface area contributed by atoms with Gasteiger partial charge in [0.25, 0.3) is 0 Å². The van der Waals surface area contributed by atoms with Gasteiger partial charge < -0.3 is 5.32 Å². The zero-order chi connectivity index (χ0) is 14.5. The molecule has 1 aliphatic carbocycles. The number of tetrazole rings is 1. The van der Waals surface area contributed by atoms with Gasteiger partial charge in [0, 0.05) is 6.54 Å². The Labute approximate surface area is 124 Å². The molecule has 1 aliphatic rings. The van der Waals surface area contributed by atoms with E-state index in [1.807, 2.05) is 11.6 Å². The van der Waals surface area contributed by atoms with Gasteiger partial charge in [-0.05, 0) is 36.1 Å². The lowest BCUT2D eigenvalue weighted by Gasteiger charge is -2.15. The van der Waals surface area contributed by atoms with Crippen LogP contribution >= 0.6 is 11.8 Å². The highest BCUT2D eigenvalue weighted by Crippen LogP contribution is 2.32. The summed E-state index contributed by atoms with van der Waals surface area (Å²) in [5, 5.41) is 15.4. The molecule has 1 amide bonds.